The number of likely N-dealkylation sites (tertiary alicyclic amines) is 1. The number of amides is 2. The molecule has 1 aliphatic rings. The second kappa shape index (κ2) is 13.1. The molecule has 172 valence electrons. The third-order valence-corrected chi connectivity index (χ3v) is 5.98. The summed E-state index contributed by atoms with van der Waals surface area (Å²) in [4.78, 5) is 32.9. The molecular formula is C22H35N5O3S. The van der Waals surface area contributed by atoms with Gasteiger partial charge in [-0.2, -0.15) is 0 Å². The van der Waals surface area contributed by atoms with Crippen molar-refractivity contribution in [3.05, 3.63) is 30.3 Å². The molecule has 1 atom stereocenters. The van der Waals surface area contributed by atoms with Gasteiger partial charge in [-0.25, -0.2) is 9.79 Å². The fourth-order valence-electron chi connectivity index (χ4n) is 3.07. The molecule has 1 fully saturated rings. The van der Waals surface area contributed by atoms with E-state index in [-0.39, 0.29) is 24.6 Å². The Morgan fingerprint density at radius 3 is 2.55 bits per heavy atom. The monoisotopic (exact) mass is 449 g/mol. The fraction of sp³-hybridized carbons (Fsp3) is 0.591. The van der Waals surface area contributed by atoms with Crippen molar-refractivity contribution in [3.8, 4) is 0 Å². The lowest BCUT2D eigenvalue weighted by Crippen LogP contribution is -2.50. The van der Waals surface area contributed by atoms with E-state index >= 15 is 0 Å². The number of carbonyl (C=O) groups is 2. The standard InChI is InChI=1S/C22H35N5O3S/c1-5-30-22(29)27-13-11-18(12-14-27)25-21(24-16-20(28)26(3)4)23-15-17(2)31-19-9-7-6-8-10-19/h6-10,17-18H,5,11-16H2,1-4H3,(H2,23,24,25). The van der Waals surface area contributed by atoms with Crippen molar-refractivity contribution in [2.75, 3.05) is 46.9 Å². The van der Waals surface area contributed by atoms with Gasteiger partial charge in [-0.05, 0) is 31.9 Å². The average molecular weight is 450 g/mol. The number of hydrogen-bond donors (Lipinski definition) is 2. The van der Waals surface area contributed by atoms with Gasteiger partial charge in [-0.3, -0.25) is 4.79 Å². The number of rotatable bonds is 8. The second-order valence-electron chi connectivity index (χ2n) is 7.68. The van der Waals surface area contributed by atoms with Crippen LogP contribution in [0.25, 0.3) is 0 Å². The number of hydrogen-bond acceptors (Lipinski definition) is 5. The van der Waals surface area contributed by atoms with E-state index in [0.29, 0.717) is 37.5 Å². The van der Waals surface area contributed by atoms with Crippen LogP contribution in [-0.2, 0) is 9.53 Å². The number of piperidine rings is 1. The van der Waals surface area contributed by atoms with Crippen LogP contribution in [0.3, 0.4) is 0 Å². The third kappa shape index (κ3) is 9.08. The highest BCUT2D eigenvalue weighted by Crippen LogP contribution is 2.22. The molecule has 31 heavy (non-hydrogen) atoms. The highest BCUT2D eigenvalue weighted by atomic mass is 32.2. The van der Waals surface area contributed by atoms with E-state index in [1.807, 2.05) is 25.1 Å². The molecule has 0 aromatic heterocycles. The summed E-state index contributed by atoms with van der Waals surface area (Å²) < 4.78 is 5.08. The molecule has 0 saturated carbocycles. The first kappa shape index (κ1) is 24.8. The van der Waals surface area contributed by atoms with Crippen molar-refractivity contribution in [2.24, 2.45) is 4.99 Å². The van der Waals surface area contributed by atoms with Crippen molar-refractivity contribution in [2.45, 2.75) is 42.9 Å². The fourth-order valence-corrected chi connectivity index (χ4v) is 4.01. The summed E-state index contributed by atoms with van der Waals surface area (Å²) >= 11 is 1.79. The molecule has 1 aromatic rings. The largest absolute Gasteiger partial charge is 0.450 e. The number of guanidine groups is 1. The molecule has 0 aliphatic carbocycles. The van der Waals surface area contributed by atoms with Gasteiger partial charge < -0.3 is 25.2 Å². The van der Waals surface area contributed by atoms with E-state index in [9.17, 15) is 9.59 Å². The molecular weight excluding hydrogens is 414 g/mol. The Morgan fingerprint density at radius 1 is 1.26 bits per heavy atom. The van der Waals surface area contributed by atoms with Crippen LogP contribution in [0.4, 0.5) is 4.79 Å². The lowest BCUT2D eigenvalue weighted by molar-refractivity contribution is -0.127. The molecule has 2 rings (SSSR count). The smallest absolute Gasteiger partial charge is 0.409 e. The number of nitrogens with zero attached hydrogens (tertiary/aromatic N) is 3. The zero-order chi connectivity index (χ0) is 22.6. The van der Waals surface area contributed by atoms with E-state index in [4.69, 9.17) is 4.74 Å². The van der Waals surface area contributed by atoms with E-state index < -0.39 is 0 Å². The summed E-state index contributed by atoms with van der Waals surface area (Å²) in [5, 5.41) is 7.14. The van der Waals surface area contributed by atoms with Crippen LogP contribution in [0.5, 0.6) is 0 Å². The average Bonchev–Trinajstić information content (AvgIpc) is 2.76. The Morgan fingerprint density at radius 2 is 1.94 bits per heavy atom. The van der Waals surface area contributed by atoms with Gasteiger partial charge in [0.2, 0.25) is 5.91 Å². The topological polar surface area (TPSA) is 86.3 Å². The zero-order valence-corrected chi connectivity index (χ0v) is 19.8. The minimum atomic E-state index is -0.253. The molecule has 0 spiro atoms. The SMILES string of the molecule is CCOC(=O)N1CCC(NC(=NCC(=O)N(C)C)NCC(C)Sc2ccccc2)CC1. The van der Waals surface area contributed by atoms with Crippen LogP contribution in [0, 0.1) is 0 Å². The summed E-state index contributed by atoms with van der Waals surface area (Å²) in [5.74, 6) is 0.579. The van der Waals surface area contributed by atoms with Crippen LogP contribution in [-0.4, -0.2) is 85.9 Å². The van der Waals surface area contributed by atoms with Crippen LogP contribution in [0.15, 0.2) is 40.2 Å². The molecule has 1 unspecified atom stereocenters. The molecule has 0 bridgehead atoms. The van der Waals surface area contributed by atoms with Crippen molar-refractivity contribution >= 4 is 29.7 Å². The Kier molecular flexibility index (Phi) is 10.5. The molecule has 1 saturated heterocycles. The number of likely N-dealkylation sites (N-methyl/N-ethyl adjacent to an activating group) is 1. The van der Waals surface area contributed by atoms with Crippen molar-refractivity contribution in [1.82, 2.24) is 20.4 Å². The first-order valence-corrected chi connectivity index (χ1v) is 11.7. The number of thioether (sulfide) groups is 1. The van der Waals surface area contributed by atoms with Gasteiger partial charge in [-0.1, -0.05) is 25.1 Å². The minimum absolute atomic E-state index is 0.0510. The predicted octanol–water partition coefficient (Wildman–Crippen LogP) is 2.41. The third-order valence-electron chi connectivity index (χ3n) is 4.87. The maximum Gasteiger partial charge on any atom is 0.409 e. The first-order chi connectivity index (χ1) is 14.9. The maximum absolute atomic E-state index is 12.0. The summed E-state index contributed by atoms with van der Waals surface area (Å²) in [7, 11) is 3.45. The molecule has 1 heterocycles. The molecule has 9 heteroatoms. The zero-order valence-electron chi connectivity index (χ0n) is 19.0. The summed E-state index contributed by atoms with van der Waals surface area (Å²) in [5.41, 5.74) is 0. The number of ether oxygens (including phenoxy) is 1. The van der Waals surface area contributed by atoms with E-state index in [2.05, 4.69) is 34.7 Å². The van der Waals surface area contributed by atoms with E-state index in [1.165, 1.54) is 9.80 Å². The van der Waals surface area contributed by atoms with Gasteiger partial charge in [0.25, 0.3) is 0 Å². The number of carbonyl (C=O) groups excluding carboxylic acids is 2. The molecule has 2 amide bonds. The van der Waals surface area contributed by atoms with Gasteiger partial charge in [0.1, 0.15) is 6.54 Å². The number of benzene rings is 1. The molecule has 2 N–H and O–H groups in total. The van der Waals surface area contributed by atoms with Crippen molar-refractivity contribution in [1.29, 1.82) is 0 Å². The van der Waals surface area contributed by atoms with Gasteiger partial charge in [0, 0.05) is 49.9 Å². The Balaban J connectivity index is 1.90. The van der Waals surface area contributed by atoms with E-state index in [0.717, 1.165) is 12.8 Å². The van der Waals surface area contributed by atoms with Crippen LogP contribution in [0.2, 0.25) is 0 Å². The normalized spacial score (nSPS) is 15.9. The first-order valence-electron chi connectivity index (χ1n) is 10.8. The quantitative estimate of drug-likeness (QED) is 0.360. The summed E-state index contributed by atoms with van der Waals surface area (Å²) in [6, 6.07) is 10.5. The van der Waals surface area contributed by atoms with Crippen molar-refractivity contribution in [3.63, 3.8) is 0 Å². The maximum atomic E-state index is 12.0. The highest BCUT2D eigenvalue weighted by molar-refractivity contribution is 8.00. The summed E-state index contributed by atoms with van der Waals surface area (Å²) in [6.07, 6.45) is 1.35. The van der Waals surface area contributed by atoms with Gasteiger partial charge in [-0.15, -0.1) is 11.8 Å². The Bertz CT molecular complexity index is 721. The Hall–Kier alpha value is -2.42. The molecule has 1 aliphatic heterocycles. The minimum Gasteiger partial charge on any atom is -0.450 e. The summed E-state index contributed by atoms with van der Waals surface area (Å²) in [6.45, 7) is 6.43. The molecule has 0 radical (unpaired) electrons. The van der Waals surface area contributed by atoms with E-state index in [1.54, 1.807) is 30.8 Å². The van der Waals surface area contributed by atoms with Crippen LogP contribution >= 0.6 is 11.8 Å². The predicted molar refractivity (Wildman–Crippen MR) is 126 cm³/mol. The highest BCUT2D eigenvalue weighted by Gasteiger charge is 2.24. The molecule has 8 nitrogen and oxygen atoms in total. The number of aliphatic imine (C=N–C) groups is 1. The second-order valence-corrected chi connectivity index (χ2v) is 9.19. The van der Waals surface area contributed by atoms with Gasteiger partial charge >= 0.3 is 6.09 Å². The van der Waals surface area contributed by atoms with Crippen LogP contribution in [0.1, 0.15) is 26.7 Å². The van der Waals surface area contributed by atoms with Gasteiger partial charge in [0.05, 0.1) is 6.61 Å². The van der Waals surface area contributed by atoms with Crippen molar-refractivity contribution < 1.29 is 14.3 Å². The number of nitrogens with one attached hydrogen (secondary N) is 2. The molecule has 1 aromatic carbocycles. The lowest BCUT2D eigenvalue weighted by atomic mass is 10.1. The van der Waals surface area contributed by atoms with Gasteiger partial charge in [0.15, 0.2) is 5.96 Å². The lowest BCUT2D eigenvalue weighted by Gasteiger charge is -2.32. The van der Waals surface area contributed by atoms with Crippen LogP contribution < -0.4 is 10.6 Å². The Labute approximate surface area is 189 Å².